The van der Waals surface area contributed by atoms with Crippen LogP contribution in [-0.2, 0) is 9.53 Å². The first-order chi connectivity index (χ1) is 7.17. The van der Waals surface area contributed by atoms with Crippen molar-refractivity contribution >= 4 is 5.97 Å². The molecule has 0 saturated carbocycles. The second-order valence-corrected chi connectivity index (χ2v) is 3.65. The Balaban J connectivity index is 4.44. The summed E-state index contributed by atoms with van der Waals surface area (Å²) in [7, 11) is 0. The predicted molar refractivity (Wildman–Crippen MR) is 62.5 cm³/mol. The first-order valence-corrected chi connectivity index (χ1v) is 5.73. The number of carbonyl (C=O) groups is 1. The van der Waals surface area contributed by atoms with Crippen molar-refractivity contribution in [3.8, 4) is 0 Å². The summed E-state index contributed by atoms with van der Waals surface area (Å²) in [6.45, 7) is 7.00. The Kier molecular flexibility index (Phi) is 8.01. The van der Waals surface area contributed by atoms with E-state index < -0.39 is 0 Å². The number of hydrogen-bond donors (Lipinski definition) is 1. The van der Waals surface area contributed by atoms with Crippen LogP contribution in [0.25, 0.3) is 0 Å². The molecule has 0 aliphatic heterocycles. The molecule has 0 rings (SSSR count). The molecule has 0 radical (unpaired) electrons. The van der Waals surface area contributed by atoms with Crippen molar-refractivity contribution in [2.24, 2.45) is 5.73 Å². The molecule has 3 heteroatoms. The molecular weight excluding hydrogens is 190 g/mol. The molecule has 0 saturated heterocycles. The van der Waals surface area contributed by atoms with Gasteiger partial charge in [0.25, 0.3) is 0 Å². The van der Waals surface area contributed by atoms with Crippen LogP contribution < -0.4 is 5.73 Å². The van der Waals surface area contributed by atoms with Gasteiger partial charge in [0.15, 0.2) is 0 Å². The molecule has 0 amide bonds. The van der Waals surface area contributed by atoms with Gasteiger partial charge in [-0.3, -0.25) is 0 Å². The van der Waals surface area contributed by atoms with Crippen molar-refractivity contribution in [2.45, 2.75) is 46.5 Å². The van der Waals surface area contributed by atoms with Crippen LogP contribution in [0.1, 0.15) is 46.5 Å². The zero-order valence-electron chi connectivity index (χ0n) is 10.1. The topological polar surface area (TPSA) is 52.3 Å². The van der Waals surface area contributed by atoms with Gasteiger partial charge in [0.1, 0.15) is 0 Å². The molecule has 0 spiro atoms. The van der Waals surface area contributed by atoms with E-state index in [1.54, 1.807) is 0 Å². The van der Waals surface area contributed by atoms with Gasteiger partial charge in [0.05, 0.1) is 6.61 Å². The molecule has 0 fully saturated rings. The molecule has 15 heavy (non-hydrogen) atoms. The monoisotopic (exact) mass is 213 g/mol. The van der Waals surface area contributed by atoms with E-state index in [1.165, 1.54) is 0 Å². The van der Waals surface area contributed by atoms with Crippen LogP contribution >= 0.6 is 0 Å². The fourth-order valence-electron chi connectivity index (χ4n) is 1.42. The standard InChI is InChI=1S/C12H23NO2/c1-4-6-11(7-8-13)10(3)12(14)15-9-5-2/h4-9,13H2,1-3H3. The zero-order valence-corrected chi connectivity index (χ0v) is 10.1. The molecule has 0 bridgehead atoms. The number of rotatable bonds is 7. The van der Waals surface area contributed by atoms with E-state index in [4.69, 9.17) is 10.5 Å². The summed E-state index contributed by atoms with van der Waals surface area (Å²) in [5.74, 6) is -0.186. The highest BCUT2D eigenvalue weighted by molar-refractivity contribution is 5.88. The smallest absolute Gasteiger partial charge is 0.333 e. The zero-order chi connectivity index (χ0) is 11.7. The third-order valence-corrected chi connectivity index (χ3v) is 2.27. The van der Waals surface area contributed by atoms with E-state index in [0.717, 1.165) is 36.8 Å². The van der Waals surface area contributed by atoms with Gasteiger partial charge in [-0.2, -0.15) is 0 Å². The maximum Gasteiger partial charge on any atom is 0.333 e. The summed E-state index contributed by atoms with van der Waals surface area (Å²) >= 11 is 0. The van der Waals surface area contributed by atoms with E-state index in [2.05, 4.69) is 6.92 Å². The van der Waals surface area contributed by atoms with E-state index in [0.29, 0.717) is 13.2 Å². The third kappa shape index (κ3) is 5.57. The van der Waals surface area contributed by atoms with Crippen LogP contribution in [-0.4, -0.2) is 19.1 Å². The summed E-state index contributed by atoms with van der Waals surface area (Å²) in [6, 6.07) is 0. The molecule has 0 aromatic heterocycles. The van der Waals surface area contributed by atoms with Crippen molar-refractivity contribution in [1.29, 1.82) is 0 Å². The van der Waals surface area contributed by atoms with Crippen LogP contribution in [0.3, 0.4) is 0 Å². The van der Waals surface area contributed by atoms with Crippen molar-refractivity contribution in [3.63, 3.8) is 0 Å². The first kappa shape index (κ1) is 14.2. The molecular formula is C12H23NO2. The highest BCUT2D eigenvalue weighted by atomic mass is 16.5. The summed E-state index contributed by atoms with van der Waals surface area (Å²) in [5, 5.41) is 0. The molecule has 0 aromatic carbocycles. The largest absolute Gasteiger partial charge is 0.462 e. The lowest BCUT2D eigenvalue weighted by Crippen LogP contribution is -2.11. The molecule has 0 heterocycles. The molecule has 0 aromatic rings. The number of hydrogen-bond acceptors (Lipinski definition) is 3. The second kappa shape index (κ2) is 8.48. The molecule has 0 aliphatic rings. The normalized spacial score (nSPS) is 12.3. The van der Waals surface area contributed by atoms with Crippen molar-refractivity contribution in [2.75, 3.05) is 13.2 Å². The van der Waals surface area contributed by atoms with Crippen LogP contribution in [0.4, 0.5) is 0 Å². The number of esters is 1. The van der Waals surface area contributed by atoms with Crippen molar-refractivity contribution in [3.05, 3.63) is 11.1 Å². The van der Waals surface area contributed by atoms with Gasteiger partial charge in [0.2, 0.25) is 0 Å². The van der Waals surface area contributed by atoms with Gasteiger partial charge in [-0.25, -0.2) is 4.79 Å². The lowest BCUT2D eigenvalue weighted by atomic mass is 10.0. The lowest BCUT2D eigenvalue weighted by molar-refractivity contribution is -0.139. The molecule has 0 atom stereocenters. The minimum atomic E-state index is -0.186. The molecule has 3 nitrogen and oxygen atoms in total. The van der Waals surface area contributed by atoms with E-state index in [9.17, 15) is 4.79 Å². The maximum atomic E-state index is 11.6. The Hall–Kier alpha value is -0.830. The Morgan fingerprint density at radius 3 is 2.33 bits per heavy atom. The molecule has 0 unspecified atom stereocenters. The van der Waals surface area contributed by atoms with Gasteiger partial charge >= 0.3 is 5.97 Å². The van der Waals surface area contributed by atoms with Gasteiger partial charge in [-0.05, 0) is 32.7 Å². The predicted octanol–water partition coefficient (Wildman–Crippen LogP) is 2.41. The maximum absolute atomic E-state index is 11.6. The van der Waals surface area contributed by atoms with Gasteiger partial charge < -0.3 is 10.5 Å². The average Bonchev–Trinajstić information content (AvgIpc) is 2.24. The van der Waals surface area contributed by atoms with E-state index in [-0.39, 0.29) is 5.97 Å². The quantitative estimate of drug-likeness (QED) is 0.522. The SMILES string of the molecule is CCCOC(=O)C(C)=C(CCC)CCN. The van der Waals surface area contributed by atoms with E-state index in [1.807, 2.05) is 13.8 Å². The van der Waals surface area contributed by atoms with Gasteiger partial charge in [-0.15, -0.1) is 0 Å². The fourth-order valence-corrected chi connectivity index (χ4v) is 1.42. The van der Waals surface area contributed by atoms with Crippen LogP contribution in [0, 0.1) is 0 Å². The summed E-state index contributed by atoms with van der Waals surface area (Å²) in [5.41, 5.74) is 7.40. The molecule has 0 aliphatic carbocycles. The minimum Gasteiger partial charge on any atom is -0.462 e. The Bertz CT molecular complexity index is 214. The van der Waals surface area contributed by atoms with E-state index >= 15 is 0 Å². The Morgan fingerprint density at radius 2 is 1.87 bits per heavy atom. The summed E-state index contributed by atoms with van der Waals surface area (Å²) < 4.78 is 5.09. The molecule has 88 valence electrons. The van der Waals surface area contributed by atoms with Crippen molar-refractivity contribution in [1.82, 2.24) is 0 Å². The van der Waals surface area contributed by atoms with Gasteiger partial charge in [-0.1, -0.05) is 25.8 Å². The van der Waals surface area contributed by atoms with Gasteiger partial charge in [0, 0.05) is 5.57 Å². The minimum absolute atomic E-state index is 0.186. The fraction of sp³-hybridized carbons (Fsp3) is 0.750. The number of carbonyl (C=O) groups excluding carboxylic acids is 1. The average molecular weight is 213 g/mol. The summed E-state index contributed by atoms with van der Waals surface area (Å²) in [4.78, 5) is 11.6. The van der Waals surface area contributed by atoms with Crippen molar-refractivity contribution < 1.29 is 9.53 Å². The van der Waals surface area contributed by atoms with Crippen LogP contribution in [0.15, 0.2) is 11.1 Å². The van der Waals surface area contributed by atoms with Crippen LogP contribution in [0.5, 0.6) is 0 Å². The third-order valence-electron chi connectivity index (χ3n) is 2.27. The number of nitrogens with two attached hydrogens (primary N) is 1. The Labute approximate surface area is 92.7 Å². The summed E-state index contributed by atoms with van der Waals surface area (Å²) in [6.07, 6.45) is 3.62. The number of ether oxygens (including phenoxy) is 1. The first-order valence-electron chi connectivity index (χ1n) is 5.73. The molecule has 2 N–H and O–H groups in total. The lowest BCUT2D eigenvalue weighted by Gasteiger charge is -2.10. The highest BCUT2D eigenvalue weighted by Gasteiger charge is 2.10. The Morgan fingerprint density at radius 1 is 1.20 bits per heavy atom. The second-order valence-electron chi connectivity index (χ2n) is 3.65. The van der Waals surface area contributed by atoms with Crippen LogP contribution in [0.2, 0.25) is 0 Å². The highest BCUT2D eigenvalue weighted by Crippen LogP contribution is 2.15.